The van der Waals surface area contributed by atoms with Gasteiger partial charge in [-0.3, -0.25) is 14.5 Å². The maximum Gasteiger partial charge on any atom is 0.307 e. The second-order valence-electron chi connectivity index (χ2n) is 6.93. The molecular weight excluding hydrogens is 268 g/mol. The second-order valence-corrected chi connectivity index (χ2v) is 6.93. The number of piperazine rings is 1. The van der Waals surface area contributed by atoms with Crippen LogP contribution in [0.4, 0.5) is 0 Å². The minimum absolute atomic E-state index is 0.0641. The molecule has 2 bridgehead atoms. The summed E-state index contributed by atoms with van der Waals surface area (Å²) in [5, 5.41) is 9.46. The largest absolute Gasteiger partial charge is 0.481 e. The number of carbonyl (C=O) groups is 2. The lowest BCUT2D eigenvalue weighted by Gasteiger charge is -2.37. The van der Waals surface area contributed by atoms with E-state index in [0.29, 0.717) is 0 Å². The van der Waals surface area contributed by atoms with Gasteiger partial charge < -0.3 is 10.0 Å². The van der Waals surface area contributed by atoms with Crippen molar-refractivity contribution in [2.24, 2.45) is 23.7 Å². The van der Waals surface area contributed by atoms with Crippen LogP contribution >= 0.6 is 0 Å². The van der Waals surface area contributed by atoms with E-state index in [1.54, 1.807) is 0 Å². The van der Waals surface area contributed by atoms with Crippen molar-refractivity contribution in [1.82, 2.24) is 9.80 Å². The summed E-state index contributed by atoms with van der Waals surface area (Å²) in [6, 6.07) is 0.749. The summed E-state index contributed by atoms with van der Waals surface area (Å²) >= 11 is 0. The molecule has 4 aliphatic rings. The summed E-state index contributed by atoms with van der Waals surface area (Å²) in [4.78, 5) is 28.7. The molecule has 3 aliphatic carbocycles. The summed E-state index contributed by atoms with van der Waals surface area (Å²) in [5.41, 5.74) is 0. The molecule has 1 amide bonds. The monoisotopic (exact) mass is 290 g/mol. The maximum absolute atomic E-state index is 12.8. The highest BCUT2D eigenvalue weighted by Crippen LogP contribution is 2.48. The molecule has 1 aliphatic heterocycles. The van der Waals surface area contributed by atoms with Gasteiger partial charge in [-0.05, 0) is 31.1 Å². The van der Waals surface area contributed by atoms with E-state index >= 15 is 0 Å². The lowest BCUT2D eigenvalue weighted by Crippen LogP contribution is -2.52. The van der Waals surface area contributed by atoms with Gasteiger partial charge in [-0.25, -0.2) is 0 Å². The fourth-order valence-electron chi connectivity index (χ4n) is 4.45. The molecular formula is C16H22N2O3. The molecule has 1 heterocycles. The van der Waals surface area contributed by atoms with E-state index in [-0.39, 0.29) is 23.7 Å². The predicted octanol–water partition coefficient (Wildman–Crippen LogP) is 0.816. The van der Waals surface area contributed by atoms with Gasteiger partial charge in [0, 0.05) is 32.2 Å². The van der Waals surface area contributed by atoms with Crippen molar-refractivity contribution < 1.29 is 14.7 Å². The highest BCUT2D eigenvalue weighted by atomic mass is 16.4. The van der Waals surface area contributed by atoms with Crippen molar-refractivity contribution in [3.8, 4) is 0 Å². The van der Waals surface area contributed by atoms with Crippen LogP contribution in [0.1, 0.15) is 19.3 Å². The third-order valence-corrected chi connectivity index (χ3v) is 5.72. The quantitative estimate of drug-likeness (QED) is 0.782. The van der Waals surface area contributed by atoms with Gasteiger partial charge in [0.25, 0.3) is 0 Å². The zero-order valence-electron chi connectivity index (χ0n) is 12.1. The van der Waals surface area contributed by atoms with E-state index in [1.807, 2.05) is 11.0 Å². The molecule has 114 valence electrons. The van der Waals surface area contributed by atoms with Crippen molar-refractivity contribution in [2.75, 3.05) is 26.2 Å². The first-order chi connectivity index (χ1) is 10.1. The molecule has 0 aromatic rings. The van der Waals surface area contributed by atoms with Gasteiger partial charge in [0.15, 0.2) is 0 Å². The highest BCUT2D eigenvalue weighted by Gasteiger charge is 2.52. The van der Waals surface area contributed by atoms with Gasteiger partial charge >= 0.3 is 5.97 Å². The Morgan fingerprint density at radius 1 is 0.952 bits per heavy atom. The zero-order chi connectivity index (χ0) is 14.6. The number of allylic oxidation sites excluding steroid dienone is 2. The Morgan fingerprint density at radius 2 is 1.57 bits per heavy atom. The Hall–Kier alpha value is -1.36. The van der Waals surface area contributed by atoms with Crippen LogP contribution in [-0.4, -0.2) is 59.0 Å². The highest BCUT2D eigenvalue weighted by molar-refractivity contribution is 5.87. The predicted molar refractivity (Wildman–Crippen MR) is 76.5 cm³/mol. The first-order valence-electron chi connectivity index (χ1n) is 8.09. The second kappa shape index (κ2) is 4.83. The van der Waals surface area contributed by atoms with E-state index in [0.717, 1.165) is 38.6 Å². The Balaban J connectivity index is 1.44. The van der Waals surface area contributed by atoms with Crippen LogP contribution in [0.2, 0.25) is 0 Å². The number of carbonyl (C=O) groups excluding carboxylic acids is 1. The number of carboxylic acids is 1. The molecule has 2 unspecified atom stereocenters. The summed E-state index contributed by atoms with van der Waals surface area (Å²) in [6.45, 7) is 3.42. The number of fused-ring (bicyclic) bond motifs is 2. The molecule has 1 saturated heterocycles. The molecule has 0 spiro atoms. The minimum atomic E-state index is -0.804. The van der Waals surface area contributed by atoms with Gasteiger partial charge in [-0.15, -0.1) is 0 Å². The standard InChI is InChI=1S/C16H22N2O3/c19-15(18-7-5-17(6-8-18)12-3-4-12)13-10-1-2-11(9-10)14(13)16(20)21/h1-2,10-14H,3-9H2,(H,20,21)/t10?,11?,13-,14+/m0/s1. The zero-order valence-corrected chi connectivity index (χ0v) is 12.1. The van der Waals surface area contributed by atoms with Gasteiger partial charge in [0.1, 0.15) is 0 Å². The Morgan fingerprint density at radius 3 is 2.14 bits per heavy atom. The van der Waals surface area contributed by atoms with Gasteiger partial charge in [-0.1, -0.05) is 12.2 Å². The van der Waals surface area contributed by atoms with Crippen molar-refractivity contribution in [3.63, 3.8) is 0 Å². The van der Waals surface area contributed by atoms with Crippen molar-refractivity contribution in [3.05, 3.63) is 12.2 Å². The average molecular weight is 290 g/mol. The topological polar surface area (TPSA) is 60.9 Å². The SMILES string of the molecule is O=C(O)[C@@H]1C2C=CC(C2)[C@@H]1C(=O)N1CCN(C2CC2)CC1. The van der Waals surface area contributed by atoms with E-state index < -0.39 is 11.9 Å². The van der Waals surface area contributed by atoms with Crippen LogP contribution in [0.15, 0.2) is 12.2 Å². The number of rotatable bonds is 3. The van der Waals surface area contributed by atoms with E-state index in [9.17, 15) is 14.7 Å². The molecule has 0 aromatic heterocycles. The van der Waals surface area contributed by atoms with Gasteiger partial charge in [0.05, 0.1) is 11.8 Å². The van der Waals surface area contributed by atoms with Crippen molar-refractivity contribution >= 4 is 11.9 Å². The van der Waals surface area contributed by atoms with Crippen LogP contribution < -0.4 is 0 Å². The molecule has 2 saturated carbocycles. The maximum atomic E-state index is 12.8. The Bertz CT molecular complexity index is 492. The summed E-state index contributed by atoms with van der Waals surface area (Å²) < 4.78 is 0. The van der Waals surface area contributed by atoms with Crippen LogP contribution in [0.5, 0.6) is 0 Å². The first kappa shape index (κ1) is 13.3. The smallest absolute Gasteiger partial charge is 0.307 e. The third-order valence-electron chi connectivity index (χ3n) is 5.72. The van der Waals surface area contributed by atoms with Crippen LogP contribution in [0, 0.1) is 23.7 Å². The van der Waals surface area contributed by atoms with Crippen LogP contribution in [0.3, 0.4) is 0 Å². The van der Waals surface area contributed by atoms with Gasteiger partial charge in [-0.2, -0.15) is 0 Å². The lowest BCUT2D eigenvalue weighted by atomic mass is 9.82. The lowest BCUT2D eigenvalue weighted by molar-refractivity contribution is -0.151. The summed E-state index contributed by atoms with van der Waals surface area (Å²) in [7, 11) is 0. The number of aliphatic carboxylic acids is 1. The number of nitrogens with zero attached hydrogens (tertiary/aromatic N) is 2. The van der Waals surface area contributed by atoms with Crippen molar-refractivity contribution in [2.45, 2.75) is 25.3 Å². The molecule has 0 radical (unpaired) electrons. The fourth-order valence-corrected chi connectivity index (χ4v) is 4.45. The minimum Gasteiger partial charge on any atom is -0.481 e. The number of amides is 1. The Labute approximate surface area is 124 Å². The Kier molecular flexibility index (Phi) is 3.06. The van der Waals surface area contributed by atoms with Crippen LogP contribution in [0.25, 0.3) is 0 Å². The summed E-state index contributed by atoms with van der Waals surface area (Å²) in [5.74, 6) is -1.35. The molecule has 5 heteroatoms. The van der Waals surface area contributed by atoms with E-state index in [4.69, 9.17) is 0 Å². The normalized spacial score (nSPS) is 39.0. The summed E-state index contributed by atoms with van der Waals surface area (Å²) in [6.07, 6.45) is 7.50. The van der Waals surface area contributed by atoms with E-state index in [1.165, 1.54) is 12.8 Å². The number of hydrogen-bond acceptors (Lipinski definition) is 3. The molecule has 3 fully saturated rings. The molecule has 0 aromatic carbocycles. The van der Waals surface area contributed by atoms with Crippen molar-refractivity contribution in [1.29, 1.82) is 0 Å². The average Bonchev–Trinajstić information content (AvgIpc) is 3.14. The molecule has 4 rings (SSSR count). The molecule has 1 N–H and O–H groups in total. The molecule has 21 heavy (non-hydrogen) atoms. The van der Waals surface area contributed by atoms with E-state index in [2.05, 4.69) is 11.0 Å². The number of hydrogen-bond donors (Lipinski definition) is 1. The third kappa shape index (κ3) is 2.18. The molecule has 5 nitrogen and oxygen atoms in total. The van der Waals surface area contributed by atoms with Crippen LogP contribution in [-0.2, 0) is 9.59 Å². The molecule has 4 atom stereocenters. The first-order valence-corrected chi connectivity index (χ1v) is 8.09. The number of carboxylic acid groups (broad SMARTS) is 1. The fraction of sp³-hybridized carbons (Fsp3) is 0.750. The van der Waals surface area contributed by atoms with Gasteiger partial charge in [0.2, 0.25) is 5.91 Å².